The Morgan fingerprint density at radius 3 is 2.81 bits per heavy atom. The van der Waals surface area contributed by atoms with Crippen LogP contribution in [-0.4, -0.2) is 16.9 Å². The van der Waals surface area contributed by atoms with Gasteiger partial charge in [0, 0.05) is 18.3 Å². The SMILES string of the molecule is COc1cc(-n2cc(I)cn2)c(F)cc1N. The van der Waals surface area contributed by atoms with Crippen molar-refractivity contribution in [3.63, 3.8) is 0 Å². The van der Waals surface area contributed by atoms with E-state index in [1.807, 2.05) is 0 Å². The second kappa shape index (κ2) is 4.28. The van der Waals surface area contributed by atoms with Crippen LogP contribution in [0.1, 0.15) is 0 Å². The molecular weight excluding hydrogens is 324 g/mol. The summed E-state index contributed by atoms with van der Waals surface area (Å²) in [6, 6.07) is 2.75. The lowest BCUT2D eigenvalue weighted by Gasteiger charge is -2.08. The van der Waals surface area contributed by atoms with Gasteiger partial charge in [-0.05, 0) is 22.6 Å². The first kappa shape index (κ1) is 11.2. The second-order valence-corrected chi connectivity index (χ2v) is 4.39. The molecule has 0 saturated heterocycles. The summed E-state index contributed by atoms with van der Waals surface area (Å²) in [5, 5.41) is 4.02. The van der Waals surface area contributed by atoms with Crippen molar-refractivity contribution in [2.75, 3.05) is 12.8 Å². The van der Waals surface area contributed by atoms with Crippen LogP contribution < -0.4 is 10.5 Å². The van der Waals surface area contributed by atoms with Gasteiger partial charge in [-0.1, -0.05) is 0 Å². The van der Waals surface area contributed by atoms with Gasteiger partial charge in [0.05, 0.1) is 22.6 Å². The van der Waals surface area contributed by atoms with Crippen LogP contribution in [0.5, 0.6) is 5.75 Å². The molecule has 0 bridgehead atoms. The van der Waals surface area contributed by atoms with E-state index in [2.05, 4.69) is 27.7 Å². The van der Waals surface area contributed by atoms with Crippen LogP contribution in [0.2, 0.25) is 0 Å². The van der Waals surface area contributed by atoms with E-state index in [-0.39, 0.29) is 5.69 Å². The summed E-state index contributed by atoms with van der Waals surface area (Å²) < 4.78 is 21.1. The summed E-state index contributed by atoms with van der Waals surface area (Å²) in [5.74, 6) is -0.000270. The van der Waals surface area contributed by atoms with Crippen molar-refractivity contribution in [2.24, 2.45) is 0 Å². The molecule has 0 fully saturated rings. The summed E-state index contributed by atoms with van der Waals surface area (Å²) in [4.78, 5) is 0. The van der Waals surface area contributed by atoms with E-state index in [0.29, 0.717) is 11.4 Å². The summed E-state index contributed by atoms with van der Waals surface area (Å²) in [6.45, 7) is 0. The molecule has 84 valence electrons. The Bertz CT molecular complexity index is 527. The van der Waals surface area contributed by atoms with Crippen molar-refractivity contribution in [3.8, 4) is 11.4 Å². The van der Waals surface area contributed by atoms with Gasteiger partial charge in [-0.15, -0.1) is 0 Å². The van der Waals surface area contributed by atoms with Gasteiger partial charge in [0.1, 0.15) is 11.4 Å². The quantitative estimate of drug-likeness (QED) is 0.677. The van der Waals surface area contributed by atoms with Gasteiger partial charge < -0.3 is 10.5 Å². The maximum absolute atomic E-state index is 13.7. The maximum atomic E-state index is 13.7. The maximum Gasteiger partial charge on any atom is 0.151 e. The summed E-state index contributed by atoms with van der Waals surface area (Å²) in [7, 11) is 1.49. The highest BCUT2D eigenvalue weighted by atomic mass is 127. The minimum atomic E-state index is -0.433. The highest BCUT2D eigenvalue weighted by Crippen LogP contribution is 2.27. The fourth-order valence-corrected chi connectivity index (χ4v) is 1.73. The van der Waals surface area contributed by atoms with Crippen LogP contribution in [-0.2, 0) is 0 Å². The topological polar surface area (TPSA) is 53.1 Å². The number of hydrogen-bond donors (Lipinski definition) is 1. The minimum Gasteiger partial charge on any atom is -0.495 e. The monoisotopic (exact) mass is 333 g/mol. The molecule has 2 aromatic rings. The van der Waals surface area contributed by atoms with Crippen LogP contribution in [0.4, 0.5) is 10.1 Å². The molecule has 0 aliphatic carbocycles. The molecule has 1 aromatic heterocycles. The standard InChI is InChI=1S/C10H9FIN3O/c1-16-10-3-9(7(11)2-8(10)13)15-5-6(12)4-14-15/h2-5H,13H2,1H3. The summed E-state index contributed by atoms with van der Waals surface area (Å²) in [5.41, 5.74) is 6.17. The number of ether oxygens (including phenoxy) is 1. The molecule has 0 spiro atoms. The molecule has 1 heterocycles. The highest BCUT2D eigenvalue weighted by Gasteiger charge is 2.10. The zero-order chi connectivity index (χ0) is 11.7. The molecule has 0 aliphatic heterocycles. The molecule has 0 amide bonds. The minimum absolute atomic E-state index is 0.269. The predicted octanol–water partition coefficient (Wildman–Crippen LogP) is 2.21. The van der Waals surface area contributed by atoms with Crippen LogP contribution in [0.15, 0.2) is 24.5 Å². The number of methoxy groups -OCH3 is 1. The van der Waals surface area contributed by atoms with E-state index in [9.17, 15) is 4.39 Å². The molecule has 0 saturated carbocycles. The van der Waals surface area contributed by atoms with Gasteiger partial charge in [0.2, 0.25) is 0 Å². The largest absolute Gasteiger partial charge is 0.495 e. The lowest BCUT2D eigenvalue weighted by atomic mass is 10.2. The van der Waals surface area contributed by atoms with E-state index in [1.54, 1.807) is 12.4 Å². The van der Waals surface area contributed by atoms with Crippen molar-refractivity contribution < 1.29 is 9.13 Å². The van der Waals surface area contributed by atoms with Gasteiger partial charge in [-0.2, -0.15) is 5.10 Å². The molecule has 4 nitrogen and oxygen atoms in total. The number of aromatic nitrogens is 2. The van der Waals surface area contributed by atoms with Crippen molar-refractivity contribution in [2.45, 2.75) is 0 Å². The van der Waals surface area contributed by atoms with Crippen LogP contribution in [0.3, 0.4) is 0 Å². The van der Waals surface area contributed by atoms with Gasteiger partial charge in [0.15, 0.2) is 5.82 Å². The Labute approximate surface area is 105 Å². The Morgan fingerprint density at radius 2 is 2.25 bits per heavy atom. The Kier molecular flexibility index (Phi) is 2.99. The first-order valence-electron chi connectivity index (χ1n) is 4.45. The molecule has 2 rings (SSSR count). The zero-order valence-electron chi connectivity index (χ0n) is 8.45. The number of halogens is 2. The van der Waals surface area contributed by atoms with Gasteiger partial charge >= 0.3 is 0 Å². The Hall–Kier alpha value is -1.31. The van der Waals surface area contributed by atoms with Crippen LogP contribution in [0, 0.1) is 9.39 Å². The number of nitrogen functional groups attached to an aromatic ring is 1. The average molecular weight is 333 g/mol. The third kappa shape index (κ3) is 1.97. The number of rotatable bonds is 2. The number of anilines is 1. The van der Waals surface area contributed by atoms with E-state index >= 15 is 0 Å². The molecule has 1 aromatic carbocycles. The molecule has 0 aliphatic rings. The molecule has 0 atom stereocenters. The van der Waals surface area contributed by atoms with Crippen LogP contribution in [0.25, 0.3) is 5.69 Å². The Morgan fingerprint density at radius 1 is 1.50 bits per heavy atom. The van der Waals surface area contributed by atoms with Crippen molar-refractivity contribution in [3.05, 3.63) is 33.9 Å². The van der Waals surface area contributed by atoms with E-state index in [4.69, 9.17) is 10.5 Å². The van der Waals surface area contributed by atoms with E-state index in [0.717, 1.165) is 3.57 Å². The molecule has 2 N–H and O–H groups in total. The van der Waals surface area contributed by atoms with Gasteiger partial charge in [-0.25, -0.2) is 9.07 Å². The summed E-state index contributed by atoms with van der Waals surface area (Å²) in [6.07, 6.45) is 3.36. The smallest absolute Gasteiger partial charge is 0.151 e. The second-order valence-electron chi connectivity index (χ2n) is 3.15. The third-order valence-corrected chi connectivity index (χ3v) is 2.65. The van der Waals surface area contributed by atoms with Crippen LogP contribution >= 0.6 is 22.6 Å². The van der Waals surface area contributed by atoms with Crippen molar-refractivity contribution >= 4 is 28.3 Å². The van der Waals surface area contributed by atoms with E-state index in [1.165, 1.54) is 23.9 Å². The lowest BCUT2D eigenvalue weighted by molar-refractivity contribution is 0.415. The highest BCUT2D eigenvalue weighted by molar-refractivity contribution is 14.1. The van der Waals surface area contributed by atoms with Crippen molar-refractivity contribution in [1.29, 1.82) is 0 Å². The normalized spacial score (nSPS) is 10.4. The first-order valence-corrected chi connectivity index (χ1v) is 5.53. The number of benzene rings is 1. The number of hydrogen-bond acceptors (Lipinski definition) is 3. The number of nitrogens with zero attached hydrogens (tertiary/aromatic N) is 2. The molecule has 0 unspecified atom stereocenters. The molecule has 16 heavy (non-hydrogen) atoms. The average Bonchev–Trinajstić information content (AvgIpc) is 2.65. The number of nitrogens with two attached hydrogens (primary N) is 1. The Balaban J connectivity index is 2.56. The first-order chi connectivity index (χ1) is 7.61. The fourth-order valence-electron chi connectivity index (χ4n) is 1.34. The molecule has 6 heteroatoms. The molecular formula is C10H9FIN3O. The summed E-state index contributed by atoms with van der Waals surface area (Å²) >= 11 is 2.10. The predicted molar refractivity (Wildman–Crippen MR) is 67.2 cm³/mol. The zero-order valence-corrected chi connectivity index (χ0v) is 10.6. The fraction of sp³-hybridized carbons (Fsp3) is 0.100. The third-order valence-electron chi connectivity index (χ3n) is 2.10. The lowest BCUT2D eigenvalue weighted by Crippen LogP contribution is -2.01. The van der Waals surface area contributed by atoms with Gasteiger partial charge in [-0.3, -0.25) is 0 Å². The van der Waals surface area contributed by atoms with Gasteiger partial charge in [0.25, 0.3) is 0 Å². The van der Waals surface area contributed by atoms with E-state index < -0.39 is 5.82 Å². The molecule has 0 radical (unpaired) electrons. The van der Waals surface area contributed by atoms with Crippen molar-refractivity contribution in [1.82, 2.24) is 9.78 Å².